The van der Waals surface area contributed by atoms with Gasteiger partial charge in [-0.15, -0.1) is 0 Å². The topological polar surface area (TPSA) is 81.2 Å². The molecule has 0 spiro atoms. The van der Waals surface area contributed by atoms with Crippen molar-refractivity contribution in [3.8, 4) is 0 Å². The van der Waals surface area contributed by atoms with Gasteiger partial charge in [0.15, 0.2) is 0 Å². The highest BCUT2D eigenvalue weighted by Crippen LogP contribution is 2.23. The Morgan fingerprint density at radius 3 is 2.64 bits per heavy atom. The largest absolute Gasteiger partial charge is 0.347 e. The summed E-state index contributed by atoms with van der Waals surface area (Å²) in [6, 6.07) is -0.421. The molecule has 0 bridgehead atoms. The summed E-state index contributed by atoms with van der Waals surface area (Å²) >= 11 is 0. The number of hydrogen-bond donors (Lipinski definition) is 1. The minimum Gasteiger partial charge on any atom is -0.347 e. The van der Waals surface area contributed by atoms with Gasteiger partial charge in [0.2, 0.25) is 18.2 Å². The molecule has 2 atom stereocenters. The molecule has 1 heterocycles. The van der Waals surface area contributed by atoms with Gasteiger partial charge >= 0.3 is 0 Å². The molecule has 1 fully saturated rings. The summed E-state index contributed by atoms with van der Waals surface area (Å²) in [6.45, 7) is 2.55. The predicted molar refractivity (Wildman–Crippen MR) is 81.0 cm³/mol. The lowest BCUT2D eigenvalue weighted by molar-refractivity contribution is -0.158. The van der Waals surface area contributed by atoms with Gasteiger partial charge in [-0.05, 0) is 19.3 Å². The fourth-order valence-electron chi connectivity index (χ4n) is 2.83. The Morgan fingerprint density at radius 2 is 2.09 bits per heavy atom. The van der Waals surface area contributed by atoms with Gasteiger partial charge in [-0.3, -0.25) is 19.6 Å². The third-order valence-electron chi connectivity index (χ3n) is 4.05. The van der Waals surface area contributed by atoms with Crippen molar-refractivity contribution in [2.45, 2.75) is 45.1 Å². The van der Waals surface area contributed by atoms with Gasteiger partial charge < -0.3 is 9.80 Å². The van der Waals surface area contributed by atoms with Gasteiger partial charge in [-0.2, -0.15) is 0 Å². The molecule has 0 radical (unpaired) electrons. The van der Waals surface area contributed by atoms with Crippen LogP contribution in [0.5, 0.6) is 0 Å². The molecule has 22 heavy (non-hydrogen) atoms. The molecule has 0 saturated carbocycles. The van der Waals surface area contributed by atoms with Crippen LogP contribution in [-0.4, -0.2) is 71.5 Å². The van der Waals surface area contributed by atoms with E-state index in [1.807, 2.05) is 6.92 Å². The molecule has 0 aromatic heterocycles. The van der Waals surface area contributed by atoms with E-state index in [0.29, 0.717) is 30.9 Å². The van der Waals surface area contributed by atoms with Crippen LogP contribution in [0, 0.1) is 5.92 Å². The third-order valence-corrected chi connectivity index (χ3v) is 4.05. The van der Waals surface area contributed by atoms with Crippen LogP contribution >= 0.6 is 0 Å². The fraction of sp³-hybridized carbons (Fsp3) is 0.800. The molecule has 0 aromatic rings. The van der Waals surface area contributed by atoms with Gasteiger partial charge in [-0.1, -0.05) is 19.8 Å². The number of hydroxylamine groups is 2. The smallest absolute Gasteiger partial charge is 0.244 e. The molecule has 1 unspecified atom stereocenters. The van der Waals surface area contributed by atoms with Crippen molar-refractivity contribution in [3.05, 3.63) is 0 Å². The van der Waals surface area contributed by atoms with Gasteiger partial charge in [0, 0.05) is 20.6 Å². The minimum absolute atomic E-state index is 0.0261. The maximum absolute atomic E-state index is 12.7. The van der Waals surface area contributed by atoms with E-state index in [-0.39, 0.29) is 18.4 Å². The second-order valence-corrected chi connectivity index (χ2v) is 5.99. The quantitative estimate of drug-likeness (QED) is 0.407. The molecule has 1 rings (SSSR count). The Labute approximate surface area is 131 Å². The Kier molecular flexibility index (Phi) is 7.31. The third kappa shape index (κ3) is 4.69. The van der Waals surface area contributed by atoms with E-state index in [0.717, 1.165) is 19.3 Å². The van der Waals surface area contributed by atoms with Crippen molar-refractivity contribution in [3.63, 3.8) is 0 Å². The first-order chi connectivity index (χ1) is 10.4. The van der Waals surface area contributed by atoms with Gasteiger partial charge in [-0.25, -0.2) is 5.06 Å². The molecule has 1 aliphatic heterocycles. The van der Waals surface area contributed by atoms with E-state index in [1.165, 1.54) is 4.90 Å². The van der Waals surface area contributed by atoms with Crippen molar-refractivity contribution < 1.29 is 19.6 Å². The normalized spacial score (nSPS) is 18.9. The predicted octanol–water partition coefficient (Wildman–Crippen LogP) is 0.720. The molecular formula is C15H27N3O4. The summed E-state index contributed by atoms with van der Waals surface area (Å²) in [6.07, 6.45) is 4.13. The van der Waals surface area contributed by atoms with E-state index in [2.05, 4.69) is 0 Å². The Balaban J connectivity index is 2.81. The minimum atomic E-state index is -0.467. The standard InChI is InChI=1S/C15H27N3O4/c1-4-5-7-12(10-17(22)11-19)14(20)18-9-6-8-13(18)15(21)16(2)3/h11-13,22H,4-10H2,1-3H3/t12?,13-/m0/s1. The lowest BCUT2D eigenvalue weighted by atomic mass is 9.99. The number of likely N-dealkylation sites (tertiary alicyclic amines) is 1. The second kappa shape index (κ2) is 8.73. The summed E-state index contributed by atoms with van der Waals surface area (Å²) in [7, 11) is 3.36. The average molecular weight is 313 g/mol. The zero-order chi connectivity index (χ0) is 16.7. The lowest BCUT2D eigenvalue weighted by Crippen LogP contribution is -2.49. The van der Waals surface area contributed by atoms with E-state index < -0.39 is 12.0 Å². The number of nitrogens with zero attached hydrogens (tertiary/aromatic N) is 3. The molecule has 7 nitrogen and oxygen atoms in total. The molecule has 0 aliphatic carbocycles. The van der Waals surface area contributed by atoms with Crippen LogP contribution in [0.15, 0.2) is 0 Å². The summed E-state index contributed by atoms with van der Waals surface area (Å²) < 4.78 is 0. The van der Waals surface area contributed by atoms with Gasteiger partial charge in [0.25, 0.3) is 0 Å². The first kappa shape index (κ1) is 18.4. The van der Waals surface area contributed by atoms with Crippen LogP contribution in [0.3, 0.4) is 0 Å². The van der Waals surface area contributed by atoms with Crippen molar-refractivity contribution in [1.29, 1.82) is 0 Å². The Morgan fingerprint density at radius 1 is 1.41 bits per heavy atom. The summed E-state index contributed by atoms with van der Waals surface area (Å²) in [4.78, 5) is 38.7. The lowest BCUT2D eigenvalue weighted by Gasteiger charge is -2.30. The number of carbonyl (C=O) groups is 3. The average Bonchev–Trinajstić information content (AvgIpc) is 2.98. The van der Waals surface area contributed by atoms with Crippen molar-refractivity contribution in [2.24, 2.45) is 5.92 Å². The molecule has 1 N–H and O–H groups in total. The number of likely N-dealkylation sites (N-methyl/N-ethyl adjacent to an activating group) is 1. The SMILES string of the molecule is CCCCC(CN(O)C=O)C(=O)N1CCC[C@H]1C(=O)N(C)C. The van der Waals surface area contributed by atoms with Gasteiger partial charge in [0.1, 0.15) is 6.04 Å². The van der Waals surface area contributed by atoms with Crippen LogP contribution in [0.1, 0.15) is 39.0 Å². The molecule has 1 aliphatic rings. The first-order valence-corrected chi connectivity index (χ1v) is 7.84. The fourth-order valence-corrected chi connectivity index (χ4v) is 2.83. The zero-order valence-electron chi connectivity index (χ0n) is 13.7. The second-order valence-electron chi connectivity index (χ2n) is 5.99. The number of amides is 3. The molecule has 0 aromatic carbocycles. The van der Waals surface area contributed by atoms with E-state index in [4.69, 9.17) is 0 Å². The molecule has 1 saturated heterocycles. The summed E-state index contributed by atoms with van der Waals surface area (Å²) in [5.41, 5.74) is 0. The van der Waals surface area contributed by atoms with Crippen molar-refractivity contribution in [1.82, 2.24) is 14.9 Å². The first-order valence-electron chi connectivity index (χ1n) is 7.84. The van der Waals surface area contributed by atoms with Crippen LogP contribution < -0.4 is 0 Å². The molecule has 126 valence electrons. The van der Waals surface area contributed by atoms with Crippen LogP contribution in [-0.2, 0) is 14.4 Å². The molecule has 3 amide bonds. The monoisotopic (exact) mass is 313 g/mol. The summed E-state index contributed by atoms with van der Waals surface area (Å²) in [5.74, 6) is -0.686. The van der Waals surface area contributed by atoms with Crippen LogP contribution in [0.2, 0.25) is 0 Å². The molecule has 7 heteroatoms. The number of hydrogen-bond acceptors (Lipinski definition) is 4. The maximum Gasteiger partial charge on any atom is 0.244 e. The highest BCUT2D eigenvalue weighted by Gasteiger charge is 2.37. The number of rotatable bonds is 8. The van der Waals surface area contributed by atoms with E-state index in [9.17, 15) is 19.6 Å². The highest BCUT2D eigenvalue weighted by molar-refractivity contribution is 5.89. The Hall–Kier alpha value is -1.63. The number of carbonyl (C=O) groups excluding carboxylic acids is 3. The highest BCUT2D eigenvalue weighted by atomic mass is 16.5. The van der Waals surface area contributed by atoms with E-state index in [1.54, 1.807) is 19.0 Å². The van der Waals surface area contributed by atoms with Crippen molar-refractivity contribution in [2.75, 3.05) is 27.2 Å². The Bertz CT molecular complexity index is 400. The van der Waals surface area contributed by atoms with E-state index >= 15 is 0 Å². The maximum atomic E-state index is 12.7. The summed E-state index contributed by atoms with van der Waals surface area (Å²) in [5, 5.41) is 9.91. The van der Waals surface area contributed by atoms with Crippen molar-refractivity contribution >= 4 is 18.2 Å². The number of unbranched alkanes of at least 4 members (excludes halogenated alkanes) is 1. The van der Waals surface area contributed by atoms with Crippen LogP contribution in [0.4, 0.5) is 0 Å². The van der Waals surface area contributed by atoms with Gasteiger partial charge in [0.05, 0.1) is 12.5 Å². The van der Waals surface area contributed by atoms with Crippen LogP contribution in [0.25, 0.3) is 0 Å². The molecular weight excluding hydrogens is 286 g/mol. The zero-order valence-corrected chi connectivity index (χ0v) is 13.7.